The first-order valence-electron chi connectivity index (χ1n) is 32.3. The van der Waals surface area contributed by atoms with E-state index in [2.05, 4.69) is 87.3 Å². The molecule has 0 aliphatic heterocycles. The molecule has 0 saturated heterocycles. The zero-order valence-corrected chi connectivity index (χ0v) is 49.2. The van der Waals surface area contributed by atoms with E-state index in [0.717, 1.165) is 45.7 Å². The molecule has 0 bridgehead atoms. The summed E-state index contributed by atoms with van der Waals surface area (Å²) in [5.41, 5.74) is 6.33. The van der Waals surface area contributed by atoms with Crippen LogP contribution in [-0.2, 0) is 26.9 Å². The van der Waals surface area contributed by atoms with Gasteiger partial charge in [-0.05, 0) is 72.2 Å². The summed E-state index contributed by atoms with van der Waals surface area (Å²) in [6, 6.07) is 17.5. The lowest BCUT2D eigenvalue weighted by Gasteiger charge is -2.19. The lowest BCUT2D eigenvalue weighted by molar-refractivity contribution is 0.400. The van der Waals surface area contributed by atoms with Crippen LogP contribution >= 0.6 is 0 Å². The van der Waals surface area contributed by atoms with E-state index in [-0.39, 0.29) is 10.9 Å². The van der Waals surface area contributed by atoms with Crippen LogP contribution in [0, 0.1) is 11.8 Å². The molecular formula is C70H112N2O2. The lowest BCUT2D eigenvalue weighted by atomic mass is 9.88. The molecule has 4 nitrogen and oxygen atoms in total. The lowest BCUT2D eigenvalue weighted by Crippen LogP contribution is -2.14. The number of nitrogens with zero attached hydrogens (tertiary/aromatic N) is 2. The van der Waals surface area contributed by atoms with Gasteiger partial charge in [-0.15, -0.1) is 0 Å². The molecule has 74 heavy (non-hydrogen) atoms. The van der Waals surface area contributed by atoms with E-state index in [0.29, 0.717) is 22.6 Å². The van der Waals surface area contributed by atoms with Gasteiger partial charge in [0.1, 0.15) is 0 Å². The van der Waals surface area contributed by atoms with Gasteiger partial charge < -0.3 is 9.13 Å². The fourth-order valence-corrected chi connectivity index (χ4v) is 12.8. The Hall–Kier alpha value is -3.40. The van der Waals surface area contributed by atoms with E-state index in [9.17, 15) is 9.59 Å². The van der Waals surface area contributed by atoms with Gasteiger partial charge in [-0.3, -0.25) is 9.59 Å². The molecule has 0 aliphatic rings. The van der Waals surface area contributed by atoms with E-state index in [1.165, 1.54) is 268 Å². The number of unbranched alkanes of at least 4 members (excludes halogenated alkanes) is 32. The molecule has 3 aromatic carbocycles. The third kappa shape index (κ3) is 20.9. The van der Waals surface area contributed by atoms with Crippen molar-refractivity contribution in [1.29, 1.82) is 0 Å². The first kappa shape index (κ1) is 61.5. The Labute approximate surface area is 454 Å². The maximum Gasteiger partial charge on any atom is 0.197 e. The predicted molar refractivity (Wildman–Crippen MR) is 329 cm³/mol. The quantitative estimate of drug-likeness (QED) is 0.0288. The van der Waals surface area contributed by atoms with Crippen molar-refractivity contribution < 1.29 is 0 Å². The van der Waals surface area contributed by atoms with E-state index in [1.54, 1.807) is 0 Å². The van der Waals surface area contributed by atoms with Gasteiger partial charge in [-0.2, -0.15) is 0 Å². The smallest absolute Gasteiger partial charge is 0.197 e. The van der Waals surface area contributed by atoms with Gasteiger partial charge in [0, 0.05) is 35.6 Å². The van der Waals surface area contributed by atoms with Crippen LogP contribution in [0.15, 0.2) is 58.1 Å². The molecule has 2 aromatic heterocycles. The maximum absolute atomic E-state index is 14.7. The number of hydrogen-bond donors (Lipinski definition) is 0. The molecule has 4 heteroatoms. The van der Waals surface area contributed by atoms with E-state index < -0.39 is 0 Å². The second-order valence-corrected chi connectivity index (χ2v) is 24.0. The van der Waals surface area contributed by atoms with Gasteiger partial charge in [0.05, 0.1) is 22.1 Å². The number of hydrogen-bond acceptors (Lipinski definition) is 2. The van der Waals surface area contributed by atoms with Gasteiger partial charge in [0.2, 0.25) is 0 Å². The van der Waals surface area contributed by atoms with E-state index in [4.69, 9.17) is 0 Å². The van der Waals surface area contributed by atoms with Crippen LogP contribution in [0.25, 0.3) is 43.6 Å². The Morgan fingerprint density at radius 1 is 0.297 bits per heavy atom. The standard InChI is InChI=1S/C70H112N2O2/c1-7-11-15-19-23-27-31-35-39-43-57(44-40-36-32-28-24-20-16-12-8-2)51-59-47-49-65-61(53-59)69(73)63-55-68-64(56-67(63)71(65)5)70(74)62-54-60(48-50-66(62)72(68)6)52-58(45-41-37-33-29-25-21-17-13-9-3)46-42-38-34-30-26-22-18-14-10-4/h47-50,53-58H,7-46,51-52H2,1-6H3. The largest absolute Gasteiger partial charge is 0.343 e. The van der Waals surface area contributed by atoms with Gasteiger partial charge in [0.25, 0.3) is 0 Å². The molecule has 0 N–H and O–H groups in total. The number of rotatable bonds is 44. The number of benzene rings is 3. The Morgan fingerprint density at radius 3 is 0.784 bits per heavy atom. The number of pyridine rings is 2. The predicted octanol–water partition coefficient (Wildman–Crippen LogP) is 21.7. The average molecular weight is 1010 g/mol. The van der Waals surface area contributed by atoms with Crippen LogP contribution in [-0.4, -0.2) is 9.13 Å². The first-order chi connectivity index (χ1) is 36.3. The highest BCUT2D eigenvalue weighted by Crippen LogP contribution is 2.30. The molecule has 414 valence electrons. The Morgan fingerprint density at radius 2 is 0.527 bits per heavy atom. The molecule has 0 aliphatic carbocycles. The second-order valence-electron chi connectivity index (χ2n) is 24.0. The van der Waals surface area contributed by atoms with Gasteiger partial charge in [-0.1, -0.05) is 297 Å². The Kier molecular flexibility index (Phi) is 30.4. The summed E-state index contributed by atoms with van der Waals surface area (Å²) >= 11 is 0. The minimum Gasteiger partial charge on any atom is -0.343 e. The molecule has 2 heterocycles. The van der Waals surface area contributed by atoms with E-state index >= 15 is 0 Å². The van der Waals surface area contributed by atoms with E-state index in [1.807, 2.05) is 12.1 Å². The third-order valence-corrected chi connectivity index (χ3v) is 17.6. The molecular weight excluding hydrogens is 901 g/mol. The van der Waals surface area contributed by atoms with Crippen molar-refractivity contribution in [3.05, 3.63) is 80.1 Å². The van der Waals surface area contributed by atoms with Crippen LogP contribution in [0.1, 0.15) is 296 Å². The summed E-state index contributed by atoms with van der Waals surface area (Å²) in [4.78, 5) is 29.4. The third-order valence-electron chi connectivity index (χ3n) is 17.6. The topological polar surface area (TPSA) is 44.0 Å². The first-order valence-corrected chi connectivity index (χ1v) is 32.3. The van der Waals surface area contributed by atoms with Crippen LogP contribution in [0.5, 0.6) is 0 Å². The molecule has 0 radical (unpaired) electrons. The SMILES string of the molecule is CCCCCCCCCCCC(CCCCCCCCCCC)Cc1ccc2c(c1)c(=O)c1cc3c(cc1n2C)c(=O)c1cc(CC(CCCCCCCCCCC)CCCCCCCCCCC)ccc1n3C. The molecule has 0 fully saturated rings. The molecule has 0 spiro atoms. The highest BCUT2D eigenvalue weighted by atomic mass is 16.1. The van der Waals surface area contributed by atoms with Crippen molar-refractivity contribution in [2.75, 3.05) is 0 Å². The second kappa shape index (κ2) is 36.6. The van der Waals surface area contributed by atoms with Gasteiger partial charge >= 0.3 is 0 Å². The summed E-state index contributed by atoms with van der Waals surface area (Å²) in [6.07, 6.45) is 56.5. The van der Waals surface area contributed by atoms with Crippen LogP contribution in [0.3, 0.4) is 0 Å². The zero-order chi connectivity index (χ0) is 52.6. The van der Waals surface area contributed by atoms with Crippen molar-refractivity contribution in [1.82, 2.24) is 9.13 Å². The van der Waals surface area contributed by atoms with Crippen molar-refractivity contribution in [3.8, 4) is 0 Å². The molecule has 5 rings (SSSR count). The highest BCUT2D eigenvalue weighted by Gasteiger charge is 2.18. The Balaban J connectivity index is 1.31. The van der Waals surface area contributed by atoms with Crippen molar-refractivity contribution >= 4 is 43.6 Å². The average Bonchev–Trinajstić information content (AvgIpc) is 3.41. The molecule has 0 saturated carbocycles. The van der Waals surface area contributed by atoms with Gasteiger partial charge in [-0.25, -0.2) is 0 Å². The highest BCUT2D eigenvalue weighted by molar-refractivity contribution is 6.03. The van der Waals surface area contributed by atoms with Crippen molar-refractivity contribution in [3.63, 3.8) is 0 Å². The minimum atomic E-state index is 0.0826. The fraction of sp³-hybridized carbons (Fsp3) is 0.714. The Bertz CT molecular complexity index is 2210. The summed E-state index contributed by atoms with van der Waals surface area (Å²) in [5, 5.41) is 3.01. The summed E-state index contributed by atoms with van der Waals surface area (Å²) in [6.45, 7) is 9.21. The molecule has 0 atom stereocenters. The van der Waals surface area contributed by atoms with Crippen LogP contribution in [0.2, 0.25) is 0 Å². The van der Waals surface area contributed by atoms with Gasteiger partial charge in [0.15, 0.2) is 10.9 Å². The minimum absolute atomic E-state index is 0.0826. The molecule has 0 amide bonds. The monoisotopic (exact) mass is 1010 g/mol. The zero-order valence-electron chi connectivity index (χ0n) is 49.2. The number of fused-ring (bicyclic) bond motifs is 4. The van der Waals surface area contributed by atoms with Crippen molar-refractivity contribution in [2.45, 2.75) is 297 Å². The number of aromatic nitrogens is 2. The summed E-state index contributed by atoms with van der Waals surface area (Å²) < 4.78 is 4.34. The number of aryl methyl sites for hydroxylation is 2. The van der Waals surface area contributed by atoms with Crippen molar-refractivity contribution in [2.24, 2.45) is 25.9 Å². The van der Waals surface area contributed by atoms with Crippen LogP contribution < -0.4 is 10.9 Å². The summed E-state index contributed by atoms with van der Waals surface area (Å²) in [7, 11) is 4.16. The summed E-state index contributed by atoms with van der Waals surface area (Å²) in [5.74, 6) is 1.31. The normalized spacial score (nSPS) is 12.1. The molecule has 5 aromatic rings. The van der Waals surface area contributed by atoms with Crippen LogP contribution in [0.4, 0.5) is 0 Å². The maximum atomic E-state index is 14.7. The fourth-order valence-electron chi connectivity index (χ4n) is 12.8. The molecule has 0 unspecified atom stereocenters.